The summed E-state index contributed by atoms with van der Waals surface area (Å²) < 4.78 is 0. The van der Waals surface area contributed by atoms with Crippen LogP contribution in [0.2, 0.25) is 0 Å². The Morgan fingerprint density at radius 1 is 0.227 bits per heavy atom. The second kappa shape index (κ2) is 32.1. The molecule has 0 spiro atoms. The van der Waals surface area contributed by atoms with Crippen LogP contribution in [0.25, 0.3) is 0 Å². The average molecular weight is 891 g/mol. The molecule has 0 saturated carbocycles. The number of hydrogen-bond acceptors (Lipinski definition) is 4. The van der Waals surface area contributed by atoms with Gasteiger partial charge in [-0.15, -0.1) is 0 Å². The van der Waals surface area contributed by atoms with Crippen LogP contribution in [0.15, 0.2) is 109 Å². The van der Waals surface area contributed by atoms with E-state index in [1.807, 2.05) is 0 Å². The number of aryl methyl sites for hydroxylation is 4. The van der Waals surface area contributed by atoms with Gasteiger partial charge in [0.25, 0.3) is 0 Å². The highest BCUT2D eigenvalue weighted by Crippen LogP contribution is 2.40. The van der Waals surface area contributed by atoms with Gasteiger partial charge in [-0.25, -0.2) is 0 Å². The van der Waals surface area contributed by atoms with Crippen molar-refractivity contribution in [1.82, 2.24) is 0 Å². The molecule has 4 N–H and O–H groups in total. The predicted octanol–water partition coefficient (Wildman–Crippen LogP) is 20.3. The Balaban J connectivity index is 1.39. The van der Waals surface area contributed by atoms with E-state index in [0.717, 1.165) is 71.2 Å². The van der Waals surface area contributed by atoms with Crippen molar-refractivity contribution in [3.63, 3.8) is 0 Å². The molecule has 0 fully saturated rings. The maximum absolute atomic E-state index is 3.85. The van der Waals surface area contributed by atoms with E-state index in [1.165, 1.54) is 176 Å². The number of rotatable bonds is 36. The van der Waals surface area contributed by atoms with Crippen LogP contribution in [0.5, 0.6) is 0 Å². The van der Waals surface area contributed by atoms with E-state index in [9.17, 15) is 0 Å². The Bertz CT molecular complexity index is 1690. The van der Waals surface area contributed by atoms with Crippen molar-refractivity contribution >= 4 is 45.5 Å². The van der Waals surface area contributed by atoms with Crippen LogP contribution in [-0.2, 0) is 25.7 Å². The van der Waals surface area contributed by atoms with Crippen LogP contribution in [0.4, 0.5) is 45.5 Å². The van der Waals surface area contributed by atoms with E-state index in [1.54, 1.807) is 0 Å². The van der Waals surface area contributed by atoms with Gasteiger partial charge < -0.3 is 21.3 Å². The van der Waals surface area contributed by atoms with Gasteiger partial charge in [-0.2, -0.15) is 0 Å². The van der Waals surface area contributed by atoms with Crippen molar-refractivity contribution < 1.29 is 0 Å². The first-order chi connectivity index (χ1) is 32.6. The first kappa shape index (κ1) is 52.3. The van der Waals surface area contributed by atoms with Crippen molar-refractivity contribution in [3.05, 3.63) is 131 Å². The molecule has 66 heavy (non-hydrogen) atoms. The monoisotopic (exact) mass is 891 g/mol. The fraction of sp³-hybridized carbons (Fsp3) is 0.516. The maximum atomic E-state index is 3.85. The van der Waals surface area contributed by atoms with Gasteiger partial charge in [0, 0.05) is 22.7 Å². The van der Waals surface area contributed by atoms with Crippen molar-refractivity contribution in [1.29, 1.82) is 0 Å². The summed E-state index contributed by atoms with van der Waals surface area (Å²) in [5.41, 5.74) is 14.1. The Kier molecular flexibility index (Phi) is 25.4. The molecular formula is C62H90N4. The molecule has 0 saturated heterocycles. The summed E-state index contributed by atoms with van der Waals surface area (Å²) in [7, 11) is 0. The molecular weight excluding hydrogens is 801 g/mol. The highest BCUT2D eigenvalue weighted by Gasteiger charge is 2.14. The molecule has 0 amide bonds. The molecule has 0 aromatic heterocycles. The van der Waals surface area contributed by atoms with E-state index < -0.39 is 0 Å². The Labute approximate surface area is 404 Å². The third-order valence-electron chi connectivity index (χ3n) is 13.4. The SMILES string of the molecule is CCCCCCCCc1ccc(Nc2cc(Nc3ccc(CCCCCCCC)cc3)c(Nc3ccc(CCCCCCCC)cc3)cc2Nc2ccc(CCCCCCCC)cc2)cc1. The molecule has 5 aromatic rings. The molecule has 0 unspecified atom stereocenters. The molecule has 4 nitrogen and oxygen atoms in total. The minimum Gasteiger partial charge on any atom is -0.354 e. The Hall–Kier alpha value is -4.70. The molecule has 0 bridgehead atoms. The summed E-state index contributed by atoms with van der Waals surface area (Å²) in [4.78, 5) is 0. The van der Waals surface area contributed by atoms with E-state index in [0.29, 0.717) is 0 Å². The number of hydrogen-bond donors (Lipinski definition) is 4. The van der Waals surface area contributed by atoms with Gasteiger partial charge in [0.05, 0.1) is 22.7 Å². The van der Waals surface area contributed by atoms with E-state index in [4.69, 9.17) is 0 Å². The van der Waals surface area contributed by atoms with Crippen LogP contribution < -0.4 is 21.3 Å². The highest BCUT2D eigenvalue weighted by atomic mass is 15.0. The van der Waals surface area contributed by atoms with Crippen LogP contribution >= 0.6 is 0 Å². The van der Waals surface area contributed by atoms with E-state index in [2.05, 4.69) is 158 Å². The standard InChI is InChI=1S/C62H90N4/c1-5-9-13-17-21-25-29-51-33-41-55(42-34-51)63-59-49-61(65-57-45-37-53(38-46-57)31-27-23-19-15-11-7-3)62(66-58-47-39-54(40-48-58)32-28-24-20-16-12-8-4)50-60(59)64-56-43-35-52(36-44-56)30-26-22-18-14-10-6-2/h33-50,63-66H,5-32H2,1-4H3. The summed E-state index contributed by atoms with van der Waals surface area (Å²) in [6, 6.07) is 41.0. The average Bonchev–Trinajstić information content (AvgIpc) is 3.34. The second-order valence-electron chi connectivity index (χ2n) is 19.3. The quantitative estimate of drug-likeness (QED) is 0.0303. The lowest BCUT2D eigenvalue weighted by Crippen LogP contribution is -2.04. The fourth-order valence-electron chi connectivity index (χ4n) is 9.09. The molecule has 5 rings (SSSR count). The van der Waals surface area contributed by atoms with E-state index >= 15 is 0 Å². The Morgan fingerprint density at radius 3 is 0.606 bits per heavy atom. The third-order valence-corrected chi connectivity index (χ3v) is 13.4. The third kappa shape index (κ3) is 20.4. The first-order valence-corrected chi connectivity index (χ1v) is 27.2. The number of anilines is 8. The van der Waals surface area contributed by atoms with Gasteiger partial charge in [0.2, 0.25) is 0 Å². The summed E-state index contributed by atoms with van der Waals surface area (Å²) >= 11 is 0. The predicted molar refractivity (Wildman–Crippen MR) is 294 cm³/mol. The highest BCUT2D eigenvalue weighted by molar-refractivity contribution is 5.91. The molecule has 0 aliphatic carbocycles. The summed E-state index contributed by atoms with van der Waals surface area (Å²) in [6.07, 6.45) is 36.3. The zero-order valence-corrected chi connectivity index (χ0v) is 42.2. The van der Waals surface area contributed by atoms with Gasteiger partial charge in [-0.3, -0.25) is 0 Å². The van der Waals surface area contributed by atoms with Gasteiger partial charge in [0.1, 0.15) is 0 Å². The minimum atomic E-state index is 1.02. The van der Waals surface area contributed by atoms with Crippen molar-refractivity contribution in [3.8, 4) is 0 Å². The Morgan fingerprint density at radius 2 is 0.409 bits per heavy atom. The topological polar surface area (TPSA) is 48.1 Å². The summed E-state index contributed by atoms with van der Waals surface area (Å²) in [5, 5.41) is 15.4. The molecule has 0 aliphatic heterocycles. The van der Waals surface area contributed by atoms with Crippen LogP contribution in [-0.4, -0.2) is 0 Å². The first-order valence-electron chi connectivity index (χ1n) is 27.2. The maximum Gasteiger partial charge on any atom is 0.0645 e. The molecule has 0 heterocycles. The lowest BCUT2D eigenvalue weighted by Gasteiger charge is -2.21. The van der Waals surface area contributed by atoms with Crippen LogP contribution in [0.3, 0.4) is 0 Å². The van der Waals surface area contributed by atoms with Crippen molar-refractivity contribution in [2.75, 3.05) is 21.3 Å². The number of benzene rings is 5. The lowest BCUT2D eigenvalue weighted by atomic mass is 10.0. The molecule has 5 aromatic carbocycles. The molecule has 358 valence electrons. The minimum absolute atomic E-state index is 1.02. The van der Waals surface area contributed by atoms with Gasteiger partial charge in [-0.05, 0) is 134 Å². The molecule has 0 aliphatic rings. The molecule has 0 radical (unpaired) electrons. The van der Waals surface area contributed by atoms with Gasteiger partial charge in [0.15, 0.2) is 0 Å². The normalized spacial score (nSPS) is 11.2. The fourth-order valence-corrected chi connectivity index (χ4v) is 9.09. The van der Waals surface area contributed by atoms with Gasteiger partial charge >= 0.3 is 0 Å². The van der Waals surface area contributed by atoms with Crippen molar-refractivity contribution in [2.45, 2.75) is 207 Å². The van der Waals surface area contributed by atoms with E-state index in [-0.39, 0.29) is 0 Å². The van der Waals surface area contributed by atoms with Crippen LogP contribution in [0, 0.1) is 0 Å². The summed E-state index contributed by atoms with van der Waals surface area (Å²) in [6.45, 7) is 9.16. The number of unbranched alkanes of at least 4 members (excludes halogenated alkanes) is 20. The number of nitrogens with one attached hydrogen (secondary N) is 4. The summed E-state index contributed by atoms with van der Waals surface area (Å²) in [5.74, 6) is 0. The smallest absolute Gasteiger partial charge is 0.0645 e. The molecule has 0 atom stereocenters. The zero-order chi connectivity index (χ0) is 46.3. The second-order valence-corrected chi connectivity index (χ2v) is 19.3. The van der Waals surface area contributed by atoms with Crippen LogP contribution in [0.1, 0.15) is 204 Å². The van der Waals surface area contributed by atoms with Crippen molar-refractivity contribution in [2.24, 2.45) is 0 Å². The lowest BCUT2D eigenvalue weighted by molar-refractivity contribution is 0.607. The van der Waals surface area contributed by atoms with Gasteiger partial charge in [-0.1, -0.05) is 205 Å². The largest absolute Gasteiger partial charge is 0.354 e. The zero-order valence-electron chi connectivity index (χ0n) is 42.2. The molecule has 4 heteroatoms.